The molecule has 0 aliphatic carbocycles. The highest BCUT2D eigenvalue weighted by Crippen LogP contribution is 2.26. The van der Waals surface area contributed by atoms with E-state index in [4.69, 9.17) is 8.94 Å². The van der Waals surface area contributed by atoms with Gasteiger partial charge in [0.05, 0.1) is 17.7 Å². The highest BCUT2D eigenvalue weighted by Gasteiger charge is 2.28. The number of nitrogens with zero attached hydrogens (tertiary/aromatic N) is 2. The Morgan fingerprint density at radius 2 is 1.96 bits per heavy atom. The molecular formula is C17H15N3O5S. The van der Waals surface area contributed by atoms with Crippen LogP contribution in [-0.4, -0.2) is 31.8 Å². The Hall–Kier alpha value is -3.07. The molecule has 0 radical (unpaired) electrons. The smallest absolute Gasteiger partial charge is 0.277 e. The molecular weight excluding hydrogens is 358 g/mol. The summed E-state index contributed by atoms with van der Waals surface area (Å²) in [6.07, 6.45) is 2.12. The van der Waals surface area contributed by atoms with Gasteiger partial charge in [-0.1, -0.05) is 5.16 Å². The van der Waals surface area contributed by atoms with E-state index in [1.807, 2.05) is 0 Å². The molecule has 0 unspecified atom stereocenters. The van der Waals surface area contributed by atoms with E-state index in [1.54, 1.807) is 36.4 Å². The van der Waals surface area contributed by atoms with Crippen molar-refractivity contribution in [1.29, 1.82) is 0 Å². The molecule has 1 saturated heterocycles. The maximum atomic E-state index is 12.3. The maximum absolute atomic E-state index is 12.3. The first kappa shape index (κ1) is 16.4. The minimum absolute atomic E-state index is 0.114. The van der Waals surface area contributed by atoms with Crippen molar-refractivity contribution in [2.75, 3.05) is 21.9 Å². The van der Waals surface area contributed by atoms with Crippen molar-refractivity contribution in [1.82, 2.24) is 5.16 Å². The number of aromatic nitrogens is 1. The van der Waals surface area contributed by atoms with E-state index < -0.39 is 15.9 Å². The second kappa shape index (κ2) is 6.34. The summed E-state index contributed by atoms with van der Waals surface area (Å²) < 4.78 is 35.5. The van der Waals surface area contributed by atoms with Crippen LogP contribution in [0.4, 0.5) is 11.4 Å². The predicted molar refractivity (Wildman–Crippen MR) is 94.4 cm³/mol. The number of anilines is 2. The van der Waals surface area contributed by atoms with Gasteiger partial charge in [-0.05, 0) is 42.8 Å². The highest BCUT2D eigenvalue weighted by molar-refractivity contribution is 7.93. The second-order valence-electron chi connectivity index (χ2n) is 5.80. The molecule has 3 aromatic rings. The van der Waals surface area contributed by atoms with Crippen LogP contribution in [-0.2, 0) is 10.0 Å². The van der Waals surface area contributed by atoms with Crippen molar-refractivity contribution in [2.45, 2.75) is 6.42 Å². The summed E-state index contributed by atoms with van der Waals surface area (Å²) in [6, 6.07) is 11.5. The average molecular weight is 373 g/mol. The van der Waals surface area contributed by atoms with Gasteiger partial charge in [-0.25, -0.2) is 8.42 Å². The number of amides is 1. The summed E-state index contributed by atoms with van der Waals surface area (Å²) in [6.45, 7) is 0.475. The number of carbonyl (C=O) groups is 1. The van der Waals surface area contributed by atoms with Crippen LogP contribution in [0.25, 0.3) is 11.5 Å². The molecule has 4 rings (SSSR count). The molecule has 8 nitrogen and oxygen atoms in total. The number of furan rings is 1. The monoisotopic (exact) mass is 373 g/mol. The molecule has 1 aliphatic heterocycles. The fraction of sp³-hybridized carbons (Fsp3) is 0.176. The zero-order valence-electron chi connectivity index (χ0n) is 13.6. The lowest BCUT2D eigenvalue weighted by molar-refractivity contribution is 0.101. The number of sulfonamides is 1. The van der Waals surface area contributed by atoms with Gasteiger partial charge in [0.1, 0.15) is 0 Å². The molecule has 0 bridgehead atoms. The van der Waals surface area contributed by atoms with Crippen LogP contribution in [0, 0.1) is 0 Å². The molecule has 9 heteroatoms. The van der Waals surface area contributed by atoms with Crippen LogP contribution in [0.15, 0.2) is 57.7 Å². The van der Waals surface area contributed by atoms with Crippen LogP contribution in [0.1, 0.15) is 16.9 Å². The number of hydrogen-bond donors (Lipinski definition) is 1. The third kappa shape index (κ3) is 3.08. The van der Waals surface area contributed by atoms with Crippen LogP contribution in [0.2, 0.25) is 0 Å². The van der Waals surface area contributed by atoms with Crippen LogP contribution in [0.3, 0.4) is 0 Å². The Labute approximate surface area is 149 Å². The number of hydrogen-bond acceptors (Lipinski definition) is 6. The van der Waals surface area contributed by atoms with Crippen molar-refractivity contribution in [2.24, 2.45) is 0 Å². The van der Waals surface area contributed by atoms with Crippen LogP contribution >= 0.6 is 0 Å². The van der Waals surface area contributed by atoms with E-state index >= 15 is 0 Å². The largest absolute Gasteiger partial charge is 0.461 e. The Balaban J connectivity index is 1.47. The topological polar surface area (TPSA) is 106 Å². The predicted octanol–water partition coefficient (Wildman–Crippen LogP) is 2.73. The molecule has 1 aromatic carbocycles. The summed E-state index contributed by atoms with van der Waals surface area (Å²) in [5.41, 5.74) is 1.22. The summed E-state index contributed by atoms with van der Waals surface area (Å²) in [5, 5.41) is 6.43. The van der Waals surface area contributed by atoms with Gasteiger partial charge in [0.2, 0.25) is 15.8 Å². The van der Waals surface area contributed by atoms with E-state index in [0.717, 1.165) is 0 Å². The summed E-state index contributed by atoms with van der Waals surface area (Å²) >= 11 is 0. The van der Waals surface area contributed by atoms with Gasteiger partial charge >= 0.3 is 0 Å². The molecule has 1 N–H and O–H groups in total. The van der Waals surface area contributed by atoms with Gasteiger partial charge in [0.25, 0.3) is 5.91 Å². The van der Waals surface area contributed by atoms with Gasteiger partial charge in [-0.3, -0.25) is 9.10 Å². The van der Waals surface area contributed by atoms with Gasteiger partial charge in [-0.2, -0.15) is 0 Å². The Morgan fingerprint density at radius 3 is 2.62 bits per heavy atom. The quantitative estimate of drug-likeness (QED) is 0.754. The molecule has 0 spiro atoms. The first-order valence-corrected chi connectivity index (χ1v) is 9.56. The van der Waals surface area contributed by atoms with Crippen LogP contribution < -0.4 is 9.62 Å². The average Bonchev–Trinajstić information content (AvgIpc) is 3.35. The minimum Gasteiger partial charge on any atom is -0.461 e. The summed E-state index contributed by atoms with van der Waals surface area (Å²) in [4.78, 5) is 12.3. The molecule has 1 aliphatic rings. The number of nitrogens with one attached hydrogen (secondary N) is 1. The zero-order chi connectivity index (χ0) is 18.1. The molecule has 1 amide bonds. The number of benzene rings is 1. The molecule has 134 valence electrons. The maximum Gasteiger partial charge on any atom is 0.277 e. The summed E-state index contributed by atoms with van der Waals surface area (Å²) in [7, 11) is -3.22. The third-order valence-electron chi connectivity index (χ3n) is 4.02. The lowest BCUT2D eigenvalue weighted by Gasteiger charge is -2.17. The lowest BCUT2D eigenvalue weighted by Crippen LogP contribution is -2.25. The Bertz CT molecular complexity index is 1020. The van der Waals surface area contributed by atoms with Crippen LogP contribution in [0.5, 0.6) is 0 Å². The molecule has 26 heavy (non-hydrogen) atoms. The standard InChI is InChI=1S/C17H15N3O5S/c21-17(14-11-16(25-19-14)15-3-1-9-24-15)18-12-4-6-13(7-5-12)20-8-2-10-26(20,22)23/h1,3-7,9,11H,2,8,10H2,(H,18,21). The number of rotatable bonds is 4. The third-order valence-corrected chi connectivity index (χ3v) is 5.89. The molecule has 2 aromatic heterocycles. The Morgan fingerprint density at radius 1 is 1.15 bits per heavy atom. The number of carbonyl (C=O) groups excluding carboxylic acids is 1. The molecule has 0 saturated carbocycles. The van der Waals surface area contributed by atoms with Crippen molar-refractivity contribution in [3.8, 4) is 11.5 Å². The Kier molecular flexibility index (Phi) is 4.00. The molecule has 3 heterocycles. The van der Waals surface area contributed by atoms with Gasteiger partial charge in [0, 0.05) is 18.3 Å². The van der Waals surface area contributed by atoms with E-state index in [1.165, 1.54) is 16.6 Å². The first-order valence-electron chi connectivity index (χ1n) is 7.95. The van der Waals surface area contributed by atoms with Gasteiger partial charge in [0.15, 0.2) is 11.5 Å². The van der Waals surface area contributed by atoms with Crippen molar-refractivity contribution in [3.05, 3.63) is 54.4 Å². The normalized spacial score (nSPS) is 15.9. The highest BCUT2D eigenvalue weighted by atomic mass is 32.2. The van der Waals surface area contributed by atoms with Crippen molar-refractivity contribution in [3.63, 3.8) is 0 Å². The fourth-order valence-electron chi connectivity index (χ4n) is 2.75. The van der Waals surface area contributed by atoms with Gasteiger partial charge < -0.3 is 14.3 Å². The van der Waals surface area contributed by atoms with E-state index in [9.17, 15) is 13.2 Å². The summed E-state index contributed by atoms with van der Waals surface area (Å²) in [5.74, 6) is 0.561. The second-order valence-corrected chi connectivity index (χ2v) is 7.81. The fourth-order valence-corrected chi connectivity index (χ4v) is 4.32. The first-order chi connectivity index (χ1) is 12.5. The SMILES string of the molecule is O=C(Nc1ccc(N2CCCS2(=O)=O)cc1)c1cc(-c2ccco2)on1. The lowest BCUT2D eigenvalue weighted by atomic mass is 10.2. The van der Waals surface area contributed by atoms with Crippen molar-refractivity contribution >= 4 is 27.3 Å². The molecule has 1 fully saturated rings. The van der Waals surface area contributed by atoms with E-state index in [-0.39, 0.29) is 11.4 Å². The minimum atomic E-state index is -3.22. The van der Waals surface area contributed by atoms with Crippen molar-refractivity contribution < 1.29 is 22.2 Å². The van der Waals surface area contributed by atoms with Gasteiger partial charge in [-0.15, -0.1) is 0 Å². The molecule has 0 atom stereocenters. The van der Waals surface area contributed by atoms with E-state index in [2.05, 4.69) is 10.5 Å². The zero-order valence-corrected chi connectivity index (χ0v) is 14.4. The van der Waals surface area contributed by atoms with E-state index in [0.29, 0.717) is 35.9 Å².